The normalized spacial score (nSPS) is 17.3. The lowest BCUT2D eigenvalue weighted by atomic mass is 10.0. The molecule has 1 amide bonds. The number of aromatic nitrogens is 2. The minimum Gasteiger partial charge on any atom is -0.338 e. The summed E-state index contributed by atoms with van der Waals surface area (Å²) in [5, 5.41) is 0.469. The van der Waals surface area contributed by atoms with E-state index in [9.17, 15) is 4.79 Å². The molecular formula is C23H25N3OS. The van der Waals surface area contributed by atoms with E-state index in [0.717, 1.165) is 37.4 Å². The van der Waals surface area contributed by atoms with Gasteiger partial charge in [0.25, 0.3) is 5.91 Å². The zero-order chi connectivity index (χ0) is 19.3. The lowest BCUT2D eigenvalue weighted by Crippen LogP contribution is -2.32. The molecule has 1 aliphatic heterocycles. The number of rotatable bonds is 4. The molecule has 1 aliphatic rings. The molecule has 1 aromatic heterocycles. The molecule has 0 saturated carbocycles. The second-order valence-electron chi connectivity index (χ2n) is 7.23. The van der Waals surface area contributed by atoms with Gasteiger partial charge in [-0.15, -0.1) is 0 Å². The number of aryl methyl sites for hydroxylation is 1. The van der Waals surface area contributed by atoms with Gasteiger partial charge < -0.3 is 9.47 Å². The van der Waals surface area contributed by atoms with Crippen LogP contribution >= 0.6 is 11.8 Å². The standard InChI is InChI=1S/C23H25N3OS/c1-18-4-2-3-5-21(18)22-10-12-26(14-15-28-22)23(27)20-8-6-19(7-9-20)16-25-13-11-24-17-25/h2-9,11,13,17,22H,10,12,14-16H2,1H3/t22-/m0/s1. The number of carbonyl (C=O) groups excluding carboxylic acids is 1. The highest BCUT2D eigenvalue weighted by atomic mass is 32.2. The molecule has 0 radical (unpaired) electrons. The number of carbonyl (C=O) groups is 1. The molecule has 4 rings (SSSR count). The first-order valence-electron chi connectivity index (χ1n) is 9.72. The Kier molecular flexibility index (Phi) is 5.81. The summed E-state index contributed by atoms with van der Waals surface area (Å²) in [5.41, 5.74) is 4.69. The first-order valence-corrected chi connectivity index (χ1v) is 10.8. The SMILES string of the molecule is Cc1ccccc1[C@@H]1CCN(C(=O)c2ccc(Cn3ccnc3)cc2)CCS1. The fourth-order valence-electron chi connectivity index (χ4n) is 3.70. The summed E-state index contributed by atoms with van der Waals surface area (Å²) in [6, 6.07) is 16.6. The van der Waals surface area contributed by atoms with Crippen LogP contribution in [0.5, 0.6) is 0 Å². The molecule has 1 fully saturated rings. The third kappa shape index (κ3) is 4.30. The van der Waals surface area contributed by atoms with Crippen molar-refractivity contribution in [2.75, 3.05) is 18.8 Å². The molecule has 0 aliphatic carbocycles. The minimum absolute atomic E-state index is 0.139. The van der Waals surface area contributed by atoms with Crippen LogP contribution in [0.15, 0.2) is 67.3 Å². The van der Waals surface area contributed by atoms with Crippen LogP contribution in [0.25, 0.3) is 0 Å². The molecule has 5 heteroatoms. The summed E-state index contributed by atoms with van der Waals surface area (Å²) in [5.74, 6) is 1.11. The molecule has 2 aromatic carbocycles. The van der Waals surface area contributed by atoms with Crippen molar-refractivity contribution in [1.29, 1.82) is 0 Å². The quantitative estimate of drug-likeness (QED) is 0.654. The number of thioether (sulfide) groups is 1. The zero-order valence-corrected chi connectivity index (χ0v) is 16.9. The highest BCUT2D eigenvalue weighted by Crippen LogP contribution is 2.36. The van der Waals surface area contributed by atoms with Crippen molar-refractivity contribution in [3.05, 3.63) is 89.5 Å². The van der Waals surface area contributed by atoms with Crippen LogP contribution in [-0.2, 0) is 6.54 Å². The number of nitrogens with zero attached hydrogens (tertiary/aromatic N) is 3. The number of benzene rings is 2. The van der Waals surface area contributed by atoms with Crippen molar-refractivity contribution < 1.29 is 4.79 Å². The molecule has 0 N–H and O–H groups in total. The summed E-state index contributed by atoms with van der Waals surface area (Å²) in [6.45, 7) is 4.56. The fourth-order valence-corrected chi connectivity index (χ4v) is 5.02. The maximum Gasteiger partial charge on any atom is 0.253 e. The second-order valence-corrected chi connectivity index (χ2v) is 8.54. The van der Waals surface area contributed by atoms with Gasteiger partial charge in [0.05, 0.1) is 6.33 Å². The molecule has 1 atom stereocenters. The van der Waals surface area contributed by atoms with Gasteiger partial charge in [-0.05, 0) is 42.2 Å². The Bertz CT molecular complexity index is 921. The van der Waals surface area contributed by atoms with Gasteiger partial charge in [0.2, 0.25) is 0 Å². The van der Waals surface area contributed by atoms with E-state index in [1.807, 2.05) is 51.7 Å². The van der Waals surface area contributed by atoms with Gasteiger partial charge in [0.15, 0.2) is 0 Å². The van der Waals surface area contributed by atoms with Gasteiger partial charge in [-0.25, -0.2) is 4.98 Å². The van der Waals surface area contributed by atoms with Crippen molar-refractivity contribution in [3.8, 4) is 0 Å². The molecule has 2 heterocycles. The minimum atomic E-state index is 0.139. The average Bonchev–Trinajstić information content (AvgIpc) is 3.10. The van der Waals surface area contributed by atoms with E-state index in [0.29, 0.717) is 5.25 Å². The predicted molar refractivity (Wildman–Crippen MR) is 115 cm³/mol. The number of imidazole rings is 1. The third-order valence-corrected chi connectivity index (χ3v) is 6.60. The Morgan fingerprint density at radius 3 is 2.71 bits per heavy atom. The first kappa shape index (κ1) is 18.8. The second kappa shape index (κ2) is 8.65. The average molecular weight is 392 g/mol. The summed E-state index contributed by atoms with van der Waals surface area (Å²) < 4.78 is 2.02. The van der Waals surface area contributed by atoms with Crippen LogP contribution in [-0.4, -0.2) is 39.2 Å². The largest absolute Gasteiger partial charge is 0.338 e. The molecule has 1 saturated heterocycles. The van der Waals surface area contributed by atoms with Crippen LogP contribution in [0.3, 0.4) is 0 Å². The Balaban J connectivity index is 1.40. The van der Waals surface area contributed by atoms with E-state index < -0.39 is 0 Å². The predicted octanol–water partition coefficient (Wildman–Crippen LogP) is 4.56. The summed E-state index contributed by atoms with van der Waals surface area (Å²) >= 11 is 1.97. The molecule has 4 nitrogen and oxygen atoms in total. The highest BCUT2D eigenvalue weighted by molar-refractivity contribution is 7.99. The molecule has 0 spiro atoms. The van der Waals surface area contributed by atoms with Gasteiger partial charge >= 0.3 is 0 Å². The van der Waals surface area contributed by atoms with Gasteiger partial charge in [-0.2, -0.15) is 11.8 Å². The van der Waals surface area contributed by atoms with E-state index in [1.165, 1.54) is 16.7 Å². The Hall–Kier alpha value is -2.53. The van der Waals surface area contributed by atoms with Gasteiger partial charge in [-0.1, -0.05) is 36.4 Å². The van der Waals surface area contributed by atoms with E-state index in [-0.39, 0.29) is 5.91 Å². The summed E-state index contributed by atoms with van der Waals surface area (Å²) in [6.07, 6.45) is 6.52. The van der Waals surface area contributed by atoms with Gasteiger partial charge in [-0.3, -0.25) is 4.79 Å². The van der Waals surface area contributed by atoms with Crippen LogP contribution in [0, 0.1) is 6.92 Å². The third-order valence-electron chi connectivity index (χ3n) is 5.29. The molecule has 28 heavy (non-hydrogen) atoms. The lowest BCUT2D eigenvalue weighted by molar-refractivity contribution is 0.0766. The molecular weight excluding hydrogens is 366 g/mol. The Morgan fingerprint density at radius 1 is 1.14 bits per heavy atom. The van der Waals surface area contributed by atoms with Gasteiger partial charge in [0.1, 0.15) is 0 Å². The maximum atomic E-state index is 13.0. The molecule has 0 unspecified atom stereocenters. The smallest absolute Gasteiger partial charge is 0.253 e. The van der Waals surface area contributed by atoms with E-state index in [2.05, 4.69) is 36.2 Å². The number of hydrogen-bond donors (Lipinski definition) is 0. The Morgan fingerprint density at radius 2 is 1.96 bits per heavy atom. The van der Waals surface area contributed by atoms with E-state index in [4.69, 9.17) is 0 Å². The maximum absolute atomic E-state index is 13.0. The summed E-state index contributed by atoms with van der Waals surface area (Å²) in [7, 11) is 0. The molecule has 0 bridgehead atoms. The van der Waals surface area contributed by atoms with Crippen LogP contribution < -0.4 is 0 Å². The van der Waals surface area contributed by atoms with Crippen molar-refractivity contribution >= 4 is 17.7 Å². The first-order chi connectivity index (χ1) is 13.7. The van der Waals surface area contributed by atoms with E-state index in [1.54, 1.807) is 12.5 Å². The van der Waals surface area contributed by atoms with E-state index >= 15 is 0 Å². The van der Waals surface area contributed by atoms with Crippen molar-refractivity contribution in [3.63, 3.8) is 0 Å². The van der Waals surface area contributed by atoms with Crippen LogP contribution in [0.4, 0.5) is 0 Å². The van der Waals surface area contributed by atoms with Crippen LogP contribution in [0.2, 0.25) is 0 Å². The monoisotopic (exact) mass is 391 g/mol. The van der Waals surface area contributed by atoms with Crippen LogP contribution in [0.1, 0.15) is 38.7 Å². The van der Waals surface area contributed by atoms with Crippen molar-refractivity contribution in [1.82, 2.24) is 14.5 Å². The zero-order valence-electron chi connectivity index (χ0n) is 16.1. The molecule has 3 aromatic rings. The van der Waals surface area contributed by atoms with Crippen molar-refractivity contribution in [2.45, 2.75) is 25.1 Å². The lowest BCUT2D eigenvalue weighted by Gasteiger charge is -2.21. The van der Waals surface area contributed by atoms with Gasteiger partial charge in [0, 0.05) is 48.6 Å². The Labute approximate surface area is 170 Å². The highest BCUT2D eigenvalue weighted by Gasteiger charge is 2.23. The fraction of sp³-hybridized carbons (Fsp3) is 0.304. The number of hydrogen-bond acceptors (Lipinski definition) is 3. The topological polar surface area (TPSA) is 38.1 Å². The summed E-state index contributed by atoms with van der Waals surface area (Å²) in [4.78, 5) is 19.1. The van der Waals surface area contributed by atoms with Crippen molar-refractivity contribution in [2.24, 2.45) is 0 Å². The molecule has 144 valence electrons. The number of amides is 1.